The van der Waals surface area contributed by atoms with Gasteiger partial charge in [0, 0.05) is 29.2 Å². The molecule has 0 aliphatic heterocycles. The monoisotopic (exact) mass is 426 g/mol. The lowest BCUT2D eigenvalue weighted by Crippen LogP contribution is -1.98. The van der Waals surface area contributed by atoms with E-state index >= 15 is 0 Å². The first-order chi connectivity index (χ1) is 15.2. The second kappa shape index (κ2) is 8.53. The fourth-order valence-corrected chi connectivity index (χ4v) is 4.10. The van der Waals surface area contributed by atoms with E-state index in [1.165, 1.54) is 23.5 Å². The SMILES string of the molecule is Fc1ccc(Cn2ccc3ccc(C=NNc4nc(-c5ccccc5)cs4)cc32)cc1. The highest BCUT2D eigenvalue weighted by Crippen LogP contribution is 2.24. The Labute approximate surface area is 183 Å². The van der Waals surface area contributed by atoms with Gasteiger partial charge in [0.15, 0.2) is 0 Å². The van der Waals surface area contributed by atoms with Crippen LogP contribution in [0.25, 0.3) is 22.2 Å². The molecule has 3 aromatic carbocycles. The van der Waals surface area contributed by atoms with E-state index in [0.717, 1.165) is 38.4 Å². The van der Waals surface area contributed by atoms with Crippen LogP contribution in [0.1, 0.15) is 11.1 Å². The van der Waals surface area contributed by atoms with Crippen molar-refractivity contribution in [3.8, 4) is 11.3 Å². The lowest BCUT2D eigenvalue weighted by molar-refractivity contribution is 0.626. The van der Waals surface area contributed by atoms with Crippen LogP contribution in [0.4, 0.5) is 9.52 Å². The number of fused-ring (bicyclic) bond motifs is 1. The van der Waals surface area contributed by atoms with Gasteiger partial charge in [-0.1, -0.05) is 54.6 Å². The fourth-order valence-electron chi connectivity index (χ4n) is 3.43. The molecular formula is C25H19FN4S. The summed E-state index contributed by atoms with van der Waals surface area (Å²) in [5, 5.41) is 8.27. The Balaban J connectivity index is 1.31. The van der Waals surface area contributed by atoms with Crippen molar-refractivity contribution >= 4 is 33.6 Å². The molecule has 0 atom stereocenters. The lowest BCUT2D eigenvalue weighted by atomic mass is 10.1. The Morgan fingerprint density at radius 1 is 1.00 bits per heavy atom. The van der Waals surface area contributed by atoms with Gasteiger partial charge in [0.05, 0.1) is 11.9 Å². The number of aromatic nitrogens is 2. The zero-order chi connectivity index (χ0) is 21.0. The first kappa shape index (κ1) is 19.2. The van der Waals surface area contributed by atoms with E-state index in [1.807, 2.05) is 60.1 Å². The van der Waals surface area contributed by atoms with E-state index in [4.69, 9.17) is 0 Å². The van der Waals surface area contributed by atoms with E-state index in [0.29, 0.717) is 6.54 Å². The van der Waals surface area contributed by atoms with E-state index in [2.05, 4.69) is 38.3 Å². The largest absolute Gasteiger partial charge is 0.343 e. The van der Waals surface area contributed by atoms with Crippen LogP contribution >= 0.6 is 11.3 Å². The summed E-state index contributed by atoms with van der Waals surface area (Å²) < 4.78 is 15.3. The maximum Gasteiger partial charge on any atom is 0.203 e. The minimum absolute atomic E-state index is 0.219. The van der Waals surface area contributed by atoms with Crippen molar-refractivity contribution < 1.29 is 4.39 Å². The minimum Gasteiger partial charge on any atom is -0.343 e. The third-order valence-electron chi connectivity index (χ3n) is 5.01. The molecule has 0 unspecified atom stereocenters. The predicted molar refractivity (Wildman–Crippen MR) is 126 cm³/mol. The van der Waals surface area contributed by atoms with Crippen molar-refractivity contribution in [3.63, 3.8) is 0 Å². The Bertz CT molecular complexity index is 1340. The molecule has 5 aromatic rings. The minimum atomic E-state index is -0.219. The van der Waals surface area contributed by atoms with Gasteiger partial charge >= 0.3 is 0 Å². The van der Waals surface area contributed by atoms with Gasteiger partial charge in [-0.3, -0.25) is 5.43 Å². The maximum absolute atomic E-state index is 13.2. The van der Waals surface area contributed by atoms with E-state index in [9.17, 15) is 4.39 Å². The number of nitrogens with one attached hydrogen (secondary N) is 1. The van der Waals surface area contributed by atoms with Crippen molar-refractivity contribution in [1.82, 2.24) is 9.55 Å². The zero-order valence-corrected chi connectivity index (χ0v) is 17.4. The van der Waals surface area contributed by atoms with Gasteiger partial charge in [0.1, 0.15) is 5.82 Å². The molecule has 0 radical (unpaired) electrons. The molecule has 0 fully saturated rings. The van der Waals surface area contributed by atoms with Crippen LogP contribution in [0.3, 0.4) is 0 Å². The molecule has 152 valence electrons. The second-order valence-corrected chi connectivity index (χ2v) is 8.02. The summed E-state index contributed by atoms with van der Waals surface area (Å²) in [4.78, 5) is 4.58. The van der Waals surface area contributed by atoms with Crippen LogP contribution in [-0.2, 0) is 6.54 Å². The number of hydrazone groups is 1. The van der Waals surface area contributed by atoms with Gasteiger partial charge in [-0.15, -0.1) is 11.3 Å². The summed E-state index contributed by atoms with van der Waals surface area (Å²) in [6.45, 7) is 0.685. The molecule has 2 aromatic heterocycles. The van der Waals surface area contributed by atoms with Crippen molar-refractivity contribution in [2.75, 3.05) is 5.43 Å². The number of benzene rings is 3. The Hall–Kier alpha value is -3.77. The van der Waals surface area contributed by atoms with Crippen molar-refractivity contribution in [1.29, 1.82) is 0 Å². The Morgan fingerprint density at radius 2 is 1.84 bits per heavy atom. The summed E-state index contributed by atoms with van der Waals surface area (Å²) in [6.07, 6.45) is 3.84. The van der Waals surface area contributed by atoms with Crippen LogP contribution in [-0.4, -0.2) is 15.8 Å². The van der Waals surface area contributed by atoms with Gasteiger partial charge in [0.2, 0.25) is 5.13 Å². The quantitative estimate of drug-likeness (QED) is 0.252. The molecule has 1 N–H and O–H groups in total. The number of thiazole rings is 1. The normalized spacial score (nSPS) is 11.4. The highest BCUT2D eigenvalue weighted by Gasteiger charge is 2.05. The standard InChI is InChI=1S/C25H19FN4S/c26-22-10-7-18(8-11-22)16-30-13-12-21-9-6-19(14-24(21)30)15-27-29-25-28-23(17-31-25)20-4-2-1-3-5-20/h1-15,17H,16H2,(H,28,29). The summed E-state index contributed by atoms with van der Waals surface area (Å²) >= 11 is 1.52. The third-order valence-corrected chi connectivity index (χ3v) is 5.76. The molecule has 0 spiro atoms. The van der Waals surface area contributed by atoms with E-state index in [1.54, 1.807) is 6.21 Å². The molecule has 5 rings (SSSR count). The third kappa shape index (κ3) is 4.39. The topological polar surface area (TPSA) is 42.2 Å². The number of rotatable bonds is 6. The molecule has 0 aliphatic carbocycles. The van der Waals surface area contributed by atoms with E-state index < -0.39 is 0 Å². The van der Waals surface area contributed by atoms with Crippen LogP contribution < -0.4 is 5.43 Å². The Kier molecular flexibility index (Phi) is 5.29. The summed E-state index contributed by atoms with van der Waals surface area (Å²) in [6, 6.07) is 25.0. The van der Waals surface area contributed by atoms with Crippen LogP contribution in [0, 0.1) is 5.82 Å². The number of hydrogen-bond donors (Lipinski definition) is 1. The molecule has 0 saturated heterocycles. The number of halogens is 1. The van der Waals surface area contributed by atoms with Crippen molar-refractivity contribution in [2.45, 2.75) is 6.54 Å². The average molecular weight is 427 g/mol. The van der Waals surface area contributed by atoms with E-state index in [-0.39, 0.29) is 5.82 Å². The molecule has 0 amide bonds. The maximum atomic E-state index is 13.2. The summed E-state index contributed by atoms with van der Waals surface area (Å²) in [7, 11) is 0. The molecule has 0 bridgehead atoms. The molecule has 0 saturated carbocycles. The van der Waals surface area contributed by atoms with Gasteiger partial charge in [-0.25, -0.2) is 9.37 Å². The highest BCUT2D eigenvalue weighted by atomic mass is 32.1. The number of hydrogen-bond acceptors (Lipinski definition) is 4. The van der Waals surface area contributed by atoms with Crippen LogP contribution in [0.5, 0.6) is 0 Å². The van der Waals surface area contributed by atoms with Gasteiger partial charge in [-0.2, -0.15) is 5.10 Å². The van der Waals surface area contributed by atoms with Crippen LogP contribution in [0.2, 0.25) is 0 Å². The average Bonchev–Trinajstić information content (AvgIpc) is 3.43. The first-order valence-corrected chi connectivity index (χ1v) is 10.8. The molecule has 2 heterocycles. The van der Waals surface area contributed by atoms with Crippen molar-refractivity contribution in [2.24, 2.45) is 5.10 Å². The van der Waals surface area contributed by atoms with Gasteiger partial charge in [0.25, 0.3) is 0 Å². The molecule has 0 aliphatic rings. The Morgan fingerprint density at radius 3 is 2.68 bits per heavy atom. The van der Waals surface area contributed by atoms with Crippen molar-refractivity contribution in [3.05, 3.63) is 107 Å². The number of nitrogens with zero attached hydrogens (tertiary/aromatic N) is 3. The highest BCUT2D eigenvalue weighted by molar-refractivity contribution is 7.14. The molecule has 31 heavy (non-hydrogen) atoms. The first-order valence-electron chi connectivity index (χ1n) is 9.88. The number of anilines is 1. The zero-order valence-electron chi connectivity index (χ0n) is 16.6. The van der Waals surface area contributed by atoms with Gasteiger partial charge in [-0.05, 0) is 40.8 Å². The van der Waals surface area contributed by atoms with Gasteiger partial charge < -0.3 is 4.57 Å². The molecule has 6 heteroatoms. The fraction of sp³-hybridized carbons (Fsp3) is 0.0400. The predicted octanol–water partition coefficient (Wildman–Crippen LogP) is 6.40. The second-order valence-electron chi connectivity index (χ2n) is 7.16. The summed E-state index contributed by atoms with van der Waals surface area (Å²) in [5.74, 6) is -0.219. The molecular weight excluding hydrogens is 407 g/mol. The lowest BCUT2D eigenvalue weighted by Gasteiger charge is -2.06. The smallest absolute Gasteiger partial charge is 0.203 e. The summed E-state index contributed by atoms with van der Waals surface area (Å²) in [5.41, 5.74) is 8.18. The molecule has 4 nitrogen and oxygen atoms in total. The van der Waals surface area contributed by atoms with Crippen LogP contribution in [0.15, 0.2) is 95.5 Å².